The number of rotatable bonds is 29. The maximum absolute atomic E-state index is 2.50. The third-order valence-electron chi connectivity index (χ3n) is 10.1. The van der Waals surface area contributed by atoms with Gasteiger partial charge in [0.2, 0.25) is 0 Å². The molecule has 0 bridgehead atoms. The molecule has 2 unspecified atom stereocenters. The van der Waals surface area contributed by atoms with Crippen molar-refractivity contribution in [1.82, 2.24) is 0 Å². The van der Waals surface area contributed by atoms with Gasteiger partial charge >= 0.3 is 0 Å². The van der Waals surface area contributed by atoms with Crippen LogP contribution in [0.2, 0.25) is 0 Å². The zero-order chi connectivity index (χ0) is 28.5. The van der Waals surface area contributed by atoms with Crippen LogP contribution in [0, 0.1) is 0 Å². The SMILES string of the molecule is CCCCCCCCCCCC(C)[N+](C)(C)CCCCCC[N+](C)(C)C(C)CCCCCCCCCCC. The van der Waals surface area contributed by atoms with E-state index in [1.165, 1.54) is 176 Å². The summed E-state index contributed by atoms with van der Waals surface area (Å²) in [7, 11) is 9.91. The van der Waals surface area contributed by atoms with Crippen LogP contribution in [0.15, 0.2) is 0 Å². The van der Waals surface area contributed by atoms with Crippen molar-refractivity contribution in [3.63, 3.8) is 0 Å². The van der Waals surface area contributed by atoms with Gasteiger partial charge in [-0.3, -0.25) is 0 Å². The summed E-state index contributed by atoms with van der Waals surface area (Å²) in [4.78, 5) is 0. The van der Waals surface area contributed by atoms with E-state index in [2.05, 4.69) is 55.9 Å². The largest absolute Gasteiger partial charge is 0.326 e. The number of nitrogens with zero attached hydrogens (tertiary/aromatic N) is 2. The molecule has 0 aromatic carbocycles. The molecule has 0 N–H and O–H groups in total. The first kappa shape index (κ1) is 37.9. The summed E-state index contributed by atoms with van der Waals surface area (Å²) in [6.07, 6.45) is 34.4. The Morgan fingerprint density at radius 3 is 0.868 bits per heavy atom. The zero-order valence-corrected chi connectivity index (χ0v) is 28.4. The molecule has 230 valence electrons. The van der Waals surface area contributed by atoms with E-state index in [0.29, 0.717) is 0 Å². The Kier molecular flexibility index (Phi) is 24.6. The van der Waals surface area contributed by atoms with Crippen LogP contribution in [0.1, 0.15) is 182 Å². The van der Waals surface area contributed by atoms with Crippen LogP contribution in [0.25, 0.3) is 0 Å². The van der Waals surface area contributed by atoms with Crippen molar-refractivity contribution in [3.8, 4) is 0 Å². The molecule has 0 radical (unpaired) electrons. The second kappa shape index (κ2) is 24.7. The second-order valence-electron chi connectivity index (χ2n) is 14.4. The highest BCUT2D eigenvalue weighted by Crippen LogP contribution is 2.20. The van der Waals surface area contributed by atoms with Crippen molar-refractivity contribution in [1.29, 1.82) is 0 Å². The number of quaternary nitrogens is 2. The monoisotopic (exact) mass is 539 g/mol. The number of hydrogen-bond donors (Lipinski definition) is 0. The third kappa shape index (κ3) is 21.7. The zero-order valence-electron chi connectivity index (χ0n) is 28.4. The van der Waals surface area contributed by atoms with Gasteiger partial charge in [-0.1, -0.05) is 117 Å². The van der Waals surface area contributed by atoms with Gasteiger partial charge in [-0.15, -0.1) is 0 Å². The summed E-state index contributed by atoms with van der Waals surface area (Å²) in [6.45, 7) is 12.3. The van der Waals surface area contributed by atoms with Crippen molar-refractivity contribution in [2.75, 3.05) is 41.3 Å². The molecule has 38 heavy (non-hydrogen) atoms. The summed E-state index contributed by atoms with van der Waals surface area (Å²) < 4.78 is 2.43. The molecule has 0 fully saturated rings. The van der Waals surface area contributed by atoms with Gasteiger partial charge in [-0.25, -0.2) is 0 Å². The Labute approximate surface area is 243 Å². The Hall–Kier alpha value is -0.0800. The molecular weight excluding hydrogens is 460 g/mol. The van der Waals surface area contributed by atoms with Crippen LogP contribution < -0.4 is 0 Å². The van der Waals surface area contributed by atoms with Crippen LogP contribution in [-0.4, -0.2) is 62.3 Å². The lowest BCUT2D eigenvalue weighted by atomic mass is 10.0. The van der Waals surface area contributed by atoms with Crippen LogP contribution in [-0.2, 0) is 0 Å². The normalized spacial score (nSPS) is 14.2. The number of unbranched alkanes of at least 4 members (excludes halogenated alkanes) is 19. The van der Waals surface area contributed by atoms with Crippen molar-refractivity contribution < 1.29 is 8.97 Å². The van der Waals surface area contributed by atoms with Gasteiger partial charge in [-0.05, 0) is 65.2 Å². The van der Waals surface area contributed by atoms with E-state index >= 15 is 0 Å². The van der Waals surface area contributed by atoms with Crippen molar-refractivity contribution in [2.45, 2.75) is 194 Å². The standard InChI is InChI=1S/C36H78N2/c1-9-11-13-15-17-19-21-23-27-31-35(3)37(5,6)33-29-25-26-30-34-38(7,8)36(4)32-28-24-22-20-18-16-14-12-10-2/h35-36H,9-34H2,1-8H3/q+2. The van der Waals surface area contributed by atoms with Crippen molar-refractivity contribution in [2.24, 2.45) is 0 Å². The quantitative estimate of drug-likeness (QED) is 0.0656. The summed E-state index contributed by atoms with van der Waals surface area (Å²) >= 11 is 0. The minimum atomic E-state index is 0.803. The Bertz CT molecular complexity index is 440. The molecule has 0 aromatic heterocycles. The Balaban J connectivity index is 3.79. The lowest BCUT2D eigenvalue weighted by molar-refractivity contribution is -0.914. The fourth-order valence-electron chi connectivity index (χ4n) is 6.03. The highest BCUT2D eigenvalue weighted by atomic mass is 15.3. The predicted octanol–water partition coefficient (Wildman–Crippen LogP) is 11.3. The minimum absolute atomic E-state index is 0.803. The van der Waals surface area contributed by atoms with Crippen molar-refractivity contribution in [3.05, 3.63) is 0 Å². The van der Waals surface area contributed by atoms with Crippen molar-refractivity contribution >= 4 is 0 Å². The maximum Gasteiger partial charge on any atom is 0.0857 e. The summed E-state index contributed by atoms with van der Waals surface area (Å²) in [5.74, 6) is 0. The molecule has 0 saturated carbocycles. The van der Waals surface area contributed by atoms with Gasteiger partial charge < -0.3 is 8.97 Å². The predicted molar refractivity (Wildman–Crippen MR) is 175 cm³/mol. The highest BCUT2D eigenvalue weighted by molar-refractivity contribution is 4.57. The van der Waals surface area contributed by atoms with E-state index in [-0.39, 0.29) is 0 Å². The molecule has 2 heteroatoms. The average molecular weight is 539 g/mol. The first-order chi connectivity index (χ1) is 18.2. The van der Waals surface area contributed by atoms with E-state index in [1.807, 2.05) is 0 Å². The smallest absolute Gasteiger partial charge is 0.0857 e. The summed E-state index contributed by atoms with van der Waals surface area (Å²) in [5.41, 5.74) is 0. The van der Waals surface area contributed by atoms with Gasteiger partial charge in [0.1, 0.15) is 0 Å². The molecule has 0 rings (SSSR count). The van der Waals surface area contributed by atoms with Gasteiger partial charge in [-0.2, -0.15) is 0 Å². The second-order valence-corrected chi connectivity index (χ2v) is 14.4. The molecule has 0 saturated heterocycles. The van der Waals surface area contributed by atoms with Crippen LogP contribution in [0.4, 0.5) is 0 Å². The van der Waals surface area contributed by atoms with Gasteiger partial charge in [0.25, 0.3) is 0 Å². The lowest BCUT2D eigenvalue weighted by Crippen LogP contribution is -2.48. The maximum atomic E-state index is 2.50. The van der Waals surface area contributed by atoms with E-state index in [1.54, 1.807) is 0 Å². The Morgan fingerprint density at radius 2 is 0.579 bits per heavy atom. The first-order valence-corrected chi connectivity index (χ1v) is 17.8. The van der Waals surface area contributed by atoms with E-state index in [9.17, 15) is 0 Å². The molecule has 0 aromatic rings. The fraction of sp³-hybridized carbons (Fsp3) is 1.00. The average Bonchev–Trinajstić information content (AvgIpc) is 2.88. The van der Waals surface area contributed by atoms with E-state index < -0.39 is 0 Å². The molecule has 2 atom stereocenters. The number of hydrogen-bond acceptors (Lipinski definition) is 0. The van der Waals surface area contributed by atoms with Gasteiger partial charge in [0.15, 0.2) is 0 Å². The van der Waals surface area contributed by atoms with Gasteiger partial charge in [0, 0.05) is 0 Å². The summed E-state index contributed by atoms with van der Waals surface area (Å²) in [5, 5.41) is 0. The fourth-order valence-corrected chi connectivity index (χ4v) is 6.03. The van der Waals surface area contributed by atoms with Crippen LogP contribution >= 0.6 is 0 Å². The van der Waals surface area contributed by atoms with E-state index in [4.69, 9.17) is 0 Å². The molecule has 0 spiro atoms. The van der Waals surface area contributed by atoms with E-state index in [0.717, 1.165) is 12.1 Å². The Morgan fingerprint density at radius 1 is 0.342 bits per heavy atom. The van der Waals surface area contributed by atoms with Crippen LogP contribution in [0.3, 0.4) is 0 Å². The third-order valence-corrected chi connectivity index (χ3v) is 10.1. The molecule has 0 heterocycles. The summed E-state index contributed by atoms with van der Waals surface area (Å²) in [6, 6.07) is 1.61. The van der Waals surface area contributed by atoms with Gasteiger partial charge in [0.05, 0.1) is 53.4 Å². The highest BCUT2D eigenvalue weighted by Gasteiger charge is 2.24. The molecule has 2 nitrogen and oxygen atoms in total. The molecule has 0 aliphatic rings. The molecule has 0 amide bonds. The topological polar surface area (TPSA) is 0 Å². The lowest BCUT2D eigenvalue weighted by Gasteiger charge is -2.37. The van der Waals surface area contributed by atoms with Crippen LogP contribution in [0.5, 0.6) is 0 Å². The molecule has 0 aliphatic carbocycles. The molecule has 0 aliphatic heterocycles. The minimum Gasteiger partial charge on any atom is -0.326 e. The first-order valence-electron chi connectivity index (χ1n) is 17.8. The molecular formula is C36H78N2+2.